The number of primary amides is 1. The predicted octanol–water partition coefficient (Wildman–Crippen LogP) is 1.96. The van der Waals surface area contributed by atoms with Crippen LogP contribution in [0.3, 0.4) is 0 Å². The van der Waals surface area contributed by atoms with E-state index < -0.39 is 11.9 Å². The Morgan fingerprint density at radius 1 is 1.44 bits per heavy atom. The van der Waals surface area contributed by atoms with Gasteiger partial charge in [-0.05, 0) is 35.1 Å². The Kier molecular flexibility index (Phi) is 4.35. The second-order valence-electron chi connectivity index (χ2n) is 5.29. The second kappa shape index (κ2) is 5.40. The first-order valence-corrected chi connectivity index (χ1v) is 6.15. The Hall–Kier alpha value is -1.55. The van der Waals surface area contributed by atoms with Gasteiger partial charge in [0.1, 0.15) is 5.75 Å². The molecule has 1 amide bonds. The van der Waals surface area contributed by atoms with Crippen LogP contribution in [-0.4, -0.2) is 11.0 Å². The molecular weight excluding hydrogens is 228 g/mol. The van der Waals surface area contributed by atoms with Gasteiger partial charge in [0.05, 0.1) is 0 Å². The van der Waals surface area contributed by atoms with Gasteiger partial charge in [-0.3, -0.25) is 4.79 Å². The van der Waals surface area contributed by atoms with Crippen LogP contribution in [0.4, 0.5) is 0 Å². The lowest BCUT2D eigenvalue weighted by Gasteiger charge is -2.25. The molecule has 18 heavy (non-hydrogen) atoms. The highest BCUT2D eigenvalue weighted by molar-refractivity contribution is 5.74. The van der Waals surface area contributed by atoms with Crippen molar-refractivity contribution in [3.8, 4) is 5.75 Å². The smallest absolute Gasteiger partial charge is 0.219 e. The fourth-order valence-corrected chi connectivity index (χ4v) is 1.85. The van der Waals surface area contributed by atoms with Crippen molar-refractivity contribution in [3.63, 3.8) is 0 Å². The summed E-state index contributed by atoms with van der Waals surface area (Å²) < 4.78 is 0. The fraction of sp³-hybridized carbons (Fsp3) is 0.500. The molecule has 0 heterocycles. The number of rotatable bonds is 5. The summed E-state index contributed by atoms with van der Waals surface area (Å²) in [5.74, 6) is -0.163. The third-order valence-electron chi connectivity index (χ3n) is 3.48. The Morgan fingerprint density at radius 3 is 2.56 bits per heavy atom. The van der Waals surface area contributed by atoms with Crippen LogP contribution in [0.1, 0.15) is 50.8 Å². The van der Waals surface area contributed by atoms with E-state index in [-0.39, 0.29) is 17.6 Å². The van der Waals surface area contributed by atoms with Gasteiger partial charge in [-0.25, -0.2) is 0 Å². The number of benzene rings is 1. The van der Waals surface area contributed by atoms with Crippen LogP contribution in [0.25, 0.3) is 0 Å². The zero-order valence-electron chi connectivity index (χ0n) is 11.2. The highest BCUT2D eigenvalue weighted by atomic mass is 16.3. The highest BCUT2D eigenvalue weighted by Crippen LogP contribution is 2.35. The molecule has 4 nitrogen and oxygen atoms in total. The van der Waals surface area contributed by atoms with Crippen molar-refractivity contribution in [2.75, 3.05) is 0 Å². The molecule has 1 unspecified atom stereocenters. The van der Waals surface area contributed by atoms with Crippen LogP contribution in [-0.2, 0) is 10.2 Å². The van der Waals surface area contributed by atoms with Gasteiger partial charge in [0.15, 0.2) is 0 Å². The summed E-state index contributed by atoms with van der Waals surface area (Å²) in [6, 6.07) is 4.81. The first-order chi connectivity index (χ1) is 8.27. The Bertz CT molecular complexity index is 441. The van der Waals surface area contributed by atoms with Crippen LogP contribution in [0.15, 0.2) is 18.2 Å². The van der Waals surface area contributed by atoms with Gasteiger partial charge in [-0.2, -0.15) is 0 Å². The summed E-state index contributed by atoms with van der Waals surface area (Å²) in [5.41, 5.74) is 12.6. The number of phenols is 1. The molecule has 1 aromatic rings. The van der Waals surface area contributed by atoms with Crippen LogP contribution in [0.5, 0.6) is 5.75 Å². The molecule has 1 rings (SSSR count). The van der Waals surface area contributed by atoms with Crippen molar-refractivity contribution < 1.29 is 9.90 Å². The molecular formula is C14H22N2O2. The zero-order chi connectivity index (χ0) is 13.9. The monoisotopic (exact) mass is 250 g/mol. The summed E-state index contributed by atoms with van der Waals surface area (Å²) in [4.78, 5) is 10.9. The van der Waals surface area contributed by atoms with Crippen molar-refractivity contribution in [2.24, 2.45) is 11.5 Å². The Balaban J connectivity index is 3.11. The highest BCUT2D eigenvalue weighted by Gasteiger charge is 2.23. The number of amides is 1. The van der Waals surface area contributed by atoms with Gasteiger partial charge >= 0.3 is 0 Å². The van der Waals surface area contributed by atoms with E-state index in [1.165, 1.54) is 0 Å². The van der Waals surface area contributed by atoms with Crippen molar-refractivity contribution in [3.05, 3.63) is 29.3 Å². The van der Waals surface area contributed by atoms with Gasteiger partial charge in [-0.15, -0.1) is 0 Å². The first kappa shape index (κ1) is 14.5. The van der Waals surface area contributed by atoms with Crippen molar-refractivity contribution >= 4 is 5.91 Å². The molecule has 0 aliphatic carbocycles. The SMILES string of the molecule is CCC(C)(C)c1cc(C(N)CC(N)=O)ccc1O. The van der Waals surface area contributed by atoms with E-state index in [4.69, 9.17) is 11.5 Å². The molecule has 0 bridgehead atoms. The number of hydrogen-bond acceptors (Lipinski definition) is 3. The zero-order valence-corrected chi connectivity index (χ0v) is 11.2. The fourth-order valence-electron chi connectivity index (χ4n) is 1.85. The summed E-state index contributed by atoms with van der Waals surface area (Å²) >= 11 is 0. The molecule has 4 heteroatoms. The summed E-state index contributed by atoms with van der Waals surface area (Å²) in [6.07, 6.45) is 1.01. The molecule has 1 aromatic carbocycles. The van der Waals surface area contributed by atoms with Gasteiger partial charge < -0.3 is 16.6 Å². The van der Waals surface area contributed by atoms with E-state index in [1.54, 1.807) is 12.1 Å². The number of aromatic hydroxyl groups is 1. The predicted molar refractivity (Wildman–Crippen MR) is 72.2 cm³/mol. The van der Waals surface area contributed by atoms with E-state index in [9.17, 15) is 9.90 Å². The van der Waals surface area contributed by atoms with Crippen LogP contribution in [0.2, 0.25) is 0 Å². The number of nitrogens with two attached hydrogens (primary N) is 2. The topological polar surface area (TPSA) is 89.3 Å². The summed E-state index contributed by atoms with van der Waals surface area (Å²) in [7, 11) is 0. The number of carbonyl (C=O) groups excluding carboxylic acids is 1. The first-order valence-electron chi connectivity index (χ1n) is 6.15. The Labute approximate surface area is 108 Å². The molecule has 100 valence electrons. The normalized spacial score (nSPS) is 13.3. The molecule has 5 N–H and O–H groups in total. The Morgan fingerprint density at radius 2 is 2.06 bits per heavy atom. The lowest BCUT2D eigenvalue weighted by atomic mass is 9.80. The standard InChI is InChI=1S/C14H22N2O2/c1-4-14(2,3)10-7-9(5-6-12(10)17)11(15)8-13(16)18/h5-7,11,17H,4,8,15H2,1-3H3,(H2,16,18). The molecule has 0 aliphatic rings. The van der Waals surface area contributed by atoms with E-state index >= 15 is 0 Å². The number of hydrogen-bond donors (Lipinski definition) is 3. The quantitative estimate of drug-likeness (QED) is 0.746. The van der Waals surface area contributed by atoms with Crippen LogP contribution >= 0.6 is 0 Å². The van der Waals surface area contributed by atoms with Gasteiger partial charge in [0.2, 0.25) is 5.91 Å². The van der Waals surface area contributed by atoms with Gasteiger partial charge in [-0.1, -0.05) is 26.8 Å². The van der Waals surface area contributed by atoms with E-state index in [1.807, 2.05) is 6.07 Å². The van der Waals surface area contributed by atoms with E-state index in [2.05, 4.69) is 20.8 Å². The minimum absolute atomic E-state index is 0.108. The molecule has 0 spiro atoms. The van der Waals surface area contributed by atoms with E-state index in [0.29, 0.717) is 0 Å². The van der Waals surface area contributed by atoms with Crippen LogP contribution < -0.4 is 11.5 Å². The van der Waals surface area contributed by atoms with Crippen molar-refractivity contribution in [1.29, 1.82) is 0 Å². The lowest BCUT2D eigenvalue weighted by molar-refractivity contribution is -0.118. The third kappa shape index (κ3) is 3.23. The maximum atomic E-state index is 10.9. The summed E-state index contributed by atoms with van der Waals surface area (Å²) in [6.45, 7) is 6.19. The van der Waals surface area contributed by atoms with Crippen molar-refractivity contribution in [1.82, 2.24) is 0 Å². The lowest BCUT2D eigenvalue weighted by Crippen LogP contribution is -2.22. The minimum atomic E-state index is -0.424. The molecule has 1 atom stereocenters. The molecule has 0 aliphatic heterocycles. The maximum absolute atomic E-state index is 10.9. The molecule has 0 fully saturated rings. The number of phenolic OH excluding ortho intramolecular Hbond substituents is 1. The molecule has 0 saturated heterocycles. The van der Waals surface area contributed by atoms with E-state index in [0.717, 1.165) is 17.5 Å². The van der Waals surface area contributed by atoms with Crippen molar-refractivity contribution in [2.45, 2.75) is 45.1 Å². The third-order valence-corrected chi connectivity index (χ3v) is 3.48. The average Bonchev–Trinajstić information content (AvgIpc) is 2.28. The maximum Gasteiger partial charge on any atom is 0.219 e. The minimum Gasteiger partial charge on any atom is -0.508 e. The molecule has 0 aromatic heterocycles. The number of carbonyl (C=O) groups is 1. The van der Waals surface area contributed by atoms with Crippen LogP contribution in [0, 0.1) is 0 Å². The molecule has 0 radical (unpaired) electrons. The summed E-state index contributed by atoms with van der Waals surface area (Å²) in [5, 5.41) is 9.93. The second-order valence-corrected chi connectivity index (χ2v) is 5.29. The largest absolute Gasteiger partial charge is 0.508 e. The average molecular weight is 250 g/mol. The van der Waals surface area contributed by atoms with Gasteiger partial charge in [0.25, 0.3) is 0 Å². The molecule has 0 saturated carbocycles. The van der Waals surface area contributed by atoms with Gasteiger partial charge in [0, 0.05) is 12.5 Å².